The quantitative estimate of drug-likeness (QED) is 0.191. The van der Waals surface area contributed by atoms with Crippen molar-refractivity contribution in [2.75, 3.05) is 0 Å². The van der Waals surface area contributed by atoms with Gasteiger partial charge in [-0.3, -0.25) is 0 Å². The maximum Gasteiger partial charge on any atom is 0.164 e. The average Bonchev–Trinajstić information content (AvgIpc) is 3.41. The summed E-state index contributed by atoms with van der Waals surface area (Å²) in [5, 5.41) is 2.47. The number of hydrogen-bond acceptors (Lipinski definition) is 3. The van der Waals surface area contributed by atoms with Crippen LogP contribution in [0.5, 0.6) is 0 Å². The molecule has 1 aliphatic rings. The van der Waals surface area contributed by atoms with Gasteiger partial charge in [-0.15, -0.1) is 0 Å². The third-order valence-corrected chi connectivity index (χ3v) is 9.93. The number of benzene rings is 7. The Kier molecular flexibility index (Phi) is 6.80. The maximum absolute atomic E-state index is 5.09. The van der Waals surface area contributed by atoms with Gasteiger partial charge >= 0.3 is 0 Å². The van der Waals surface area contributed by atoms with Crippen molar-refractivity contribution in [3.8, 4) is 67.5 Å². The molecule has 49 heavy (non-hydrogen) atoms. The monoisotopic (exact) mass is 627 g/mol. The molecule has 1 heterocycles. The predicted molar refractivity (Wildman–Crippen MR) is 202 cm³/mol. The average molecular weight is 628 g/mol. The van der Waals surface area contributed by atoms with Crippen LogP contribution < -0.4 is 0 Å². The van der Waals surface area contributed by atoms with Crippen LogP contribution in [-0.4, -0.2) is 15.0 Å². The van der Waals surface area contributed by atoms with Gasteiger partial charge < -0.3 is 0 Å². The van der Waals surface area contributed by atoms with E-state index in [4.69, 9.17) is 15.0 Å². The highest BCUT2D eigenvalue weighted by Crippen LogP contribution is 2.52. The Morgan fingerprint density at radius 1 is 0.347 bits per heavy atom. The molecule has 1 aliphatic carbocycles. The normalized spacial score (nSPS) is 12.9. The van der Waals surface area contributed by atoms with Crippen LogP contribution in [0.4, 0.5) is 0 Å². The molecule has 0 amide bonds. The smallest absolute Gasteiger partial charge is 0.164 e. The summed E-state index contributed by atoms with van der Waals surface area (Å²) >= 11 is 0. The SMILES string of the molecule is CC1(C)c2ccccc2-c2c(-c3cccc(-c4nc(-c5ccccc5)nc(-c5ccc(-c6ccc7ccccc7c6)cc5)n4)c3)cccc21. The molecule has 0 atom stereocenters. The fourth-order valence-electron chi connectivity index (χ4n) is 7.35. The zero-order chi connectivity index (χ0) is 33.0. The van der Waals surface area contributed by atoms with Crippen molar-refractivity contribution in [3.05, 3.63) is 175 Å². The lowest BCUT2D eigenvalue weighted by Crippen LogP contribution is -2.14. The summed E-state index contributed by atoms with van der Waals surface area (Å²) in [6.07, 6.45) is 0. The summed E-state index contributed by atoms with van der Waals surface area (Å²) in [5.74, 6) is 1.95. The van der Waals surface area contributed by atoms with Crippen LogP contribution >= 0.6 is 0 Å². The van der Waals surface area contributed by atoms with Crippen molar-refractivity contribution in [1.29, 1.82) is 0 Å². The second-order valence-corrected chi connectivity index (χ2v) is 13.3. The van der Waals surface area contributed by atoms with Crippen molar-refractivity contribution in [3.63, 3.8) is 0 Å². The van der Waals surface area contributed by atoms with E-state index in [1.165, 1.54) is 44.2 Å². The van der Waals surface area contributed by atoms with E-state index in [9.17, 15) is 0 Å². The van der Waals surface area contributed by atoms with Gasteiger partial charge in [0.2, 0.25) is 0 Å². The number of fused-ring (bicyclic) bond motifs is 4. The van der Waals surface area contributed by atoms with Gasteiger partial charge in [-0.2, -0.15) is 0 Å². The number of hydrogen-bond donors (Lipinski definition) is 0. The van der Waals surface area contributed by atoms with Crippen molar-refractivity contribution >= 4 is 10.8 Å². The summed E-state index contributed by atoms with van der Waals surface area (Å²) in [6, 6.07) is 57.9. The minimum absolute atomic E-state index is 0.0584. The third-order valence-electron chi connectivity index (χ3n) is 9.93. The Bertz CT molecular complexity index is 2510. The van der Waals surface area contributed by atoms with Crippen molar-refractivity contribution in [2.24, 2.45) is 0 Å². The molecule has 0 N–H and O–H groups in total. The third kappa shape index (κ3) is 5.03. The molecule has 0 saturated carbocycles. The van der Waals surface area contributed by atoms with Gasteiger partial charge in [0.05, 0.1) is 0 Å². The molecule has 232 valence electrons. The van der Waals surface area contributed by atoms with Crippen molar-refractivity contribution in [2.45, 2.75) is 19.3 Å². The highest BCUT2D eigenvalue weighted by atomic mass is 15.0. The van der Waals surface area contributed by atoms with E-state index in [0.29, 0.717) is 17.5 Å². The highest BCUT2D eigenvalue weighted by Gasteiger charge is 2.36. The molecule has 0 radical (unpaired) electrons. The van der Waals surface area contributed by atoms with Crippen LogP contribution in [0.1, 0.15) is 25.0 Å². The van der Waals surface area contributed by atoms with Gasteiger partial charge in [-0.1, -0.05) is 166 Å². The van der Waals surface area contributed by atoms with Gasteiger partial charge in [0.1, 0.15) is 0 Å². The predicted octanol–water partition coefficient (Wildman–Crippen LogP) is 11.7. The Balaban J connectivity index is 1.14. The standard InChI is InChI=1S/C46H33N3/c1-46(2)40-20-9-8-18-39(40)42-38(19-11-21-41(42)46)36-16-10-17-37(29-36)45-48-43(32-13-4-3-5-14-32)47-44(49-45)33-25-22-31(23-26-33)35-27-24-30-12-6-7-15-34(30)28-35/h3-29H,1-2H3. The molecule has 7 aromatic carbocycles. The topological polar surface area (TPSA) is 38.7 Å². The fraction of sp³-hybridized carbons (Fsp3) is 0.0652. The Morgan fingerprint density at radius 2 is 0.878 bits per heavy atom. The Labute approximate surface area is 286 Å². The molecule has 9 rings (SSSR count). The maximum atomic E-state index is 5.09. The second kappa shape index (κ2) is 11.5. The first-order valence-corrected chi connectivity index (χ1v) is 16.8. The van der Waals surface area contributed by atoms with Gasteiger partial charge in [0.25, 0.3) is 0 Å². The van der Waals surface area contributed by atoms with Gasteiger partial charge in [0, 0.05) is 22.1 Å². The summed E-state index contributed by atoms with van der Waals surface area (Å²) < 4.78 is 0. The molecule has 0 spiro atoms. The van der Waals surface area contributed by atoms with E-state index in [2.05, 4.69) is 159 Å². The van der Waals surface area contributed by atoms with Gasteiger partial charge in [-0.05, 0) is 67.4 Å². The Morgan fingerprint density at radius 3 is 1.67 bits per heavy atom. The number of nitrogens with zero attached hydrogens (tertiary/aromatic N) is 3. The lowest BCUT2D eigenvalue weighted by Gasteiger charge is -2.21. The van der Waals surface area contributed by atoms with Crippen LogP contribution in [-0.2, 0) is 5.41 Å². The fourth-order valence-corrected chi connectivity index (χ4v) is 7.35. The minimum atomic E-state index is -0.0584. The molecule has 3 heteroatoms. The molecule has 0 fully saturated rings. The first-order chi connectivity index (χ1) is 24.0. The van der Waals surface area contributed by atoms with E-state index in [1.807, 2.05) is 18.2 Å². The summed E-state index contributed by atoms with van der Waals surface area (Å²) in [6.45, 7) is 4.65. The molecule has 8 aromatic rings. The number of aromatic nitrogens is 3. The van der Waals surface area contributed by atoms with Crippen LogP contribution in [0.25, 0.3) is 78.3 Å². The van der Waals surface area contributed by atoms with Crippen LogP contribution in [0.2, 0.25) is 0 Å². The largest absolute Gasteiger partial charge is 0.208 e. The highest BCUT2D eigenvalue weighted by molar-refractivity contribution is 5.93. The molecule has 0 bridgehead atoms. The first-order valence-electron chi connectivity index (χ1n) is 16.8. The zero-order valence-corrected chi connectivity index (χ0v) is 27.4. The molecular weight excluding hydrogens is 595 g/mol. The molecule has 0 aliphatic heterocycles. The first kappa shape index (κ1) is 29.0. The van der Waals surface area contributed by atoms with Gasteiger partial charge in [-0.25, -0.2) is 15.0 Å². The van der Waals surface area contributed by atoms with E-state index >= 15 is 0 Å². The molecule has 3 nitrogen and oxygen atoms in total. The van der Waals surface area contributed by atoms with Gasteiger partial charge in [0.15, 0.2) is 17.5 Å². The number of rotatable bonds is 5. The van der Waals surface area contributed by atoms with Crippen LogP contribution in [0.15, 0.2) is 164 Å². The summed E-state index contributed by atoms with van der Waals surface area (Å²) in [4.78, 5) is 15.1. The second-order valence-electron chi connectivity index (χ2n) is 13.3. The van der Waals surface area contributed by atoms with E-state index in [0.717, 1.165) is 27.8 Å². The summed E-state index contributed by atoms with van der Waals surface area (Å²) in [5.41, 5.74) is 12.8. The van der Waals surface area contributed by atoms with Crippen LogP contribution in [0.3, 0.4) is 0 Å². The summed E-state index contributed by atoms with van der Waals surface area (Å²) in [7, 11) is 0. The van der Waals surface area contributed by atoms with E-state index in [-0.39, 0.29) is 5.41 Å². The van der Waals surface area contributed by atoms with Crippen molar-refractivity contribution < 1.29 is 0 Å². The molecule has 0 unspecified atom stereocenters. The molecular formula is C46H33N3. The van der Waals surface area contributed by atoms with Crippen LogP contribution in [0, 0.1) is 0 Å². The van der Waals surface area contributed by atoms with E-state index in [1.54, 1.807) is 0 Å². The lowest BCUT2D eigenvalue weighted by molar-refractivity contribution is 0.660. The zero-order valence-electron chi connectivity index (χ0n) is 27.4. The van der Waals surface area contributed by atoms with E-state index < -0.39 is 0 Å². The lowest BCUT2D eigenvalue weighted by atomic mass is 9.82. The Hall–Kier alpha value is -6.19. The molecule has 0 saturated heterocycles. The van der Waals surface area contributed by atoms with Crippen molar-refractivity contribution in [1.82, 2.24) is 15.0 Å². The minimum Gasteiger partial charge on any atom is -0.208 e. The molecule has 1 aromatic heterocycles.